The molecule has 0 amide bonds. The topological polar surface area (TPSA) is 0 Å². The molecule has 0 atom stereocenters. The molecule has 0 fully saturated rings. The molecule has 4 aliphatic carbocycles. The van der Waals surface area contributed by atoms with E-state index in [1.54, 1.807) is 0 Å². The third kappa shape index (κ3) is 4.10. The molecule has 0 heteroatoms. The Kier molecular flexibility index (Phi) is 5.74. The van der Waals surface area contributed by atoms with Crippen molar-refractivity contribution < 1.29 is 0 Å². The van der Waals surface area contributed by atoms with Crippen LogP contribution in [-0.2, 0) is 0 Å². The summed E-state index contributed by atoms with van der Waals surface area (Å²) in [5.41, 5.74) is 0. The van der Waals surface area contributed by atoms with Crippen molar-refractivity contribution in [1.29, 1.82) is 0 Å². The Hall–Kier alpha value is -7.80. The molecule has 0 nitrogen and oxygen atoms in total. The molecule has 0 saturated heterocycles. The Morgan fingerprint density at radius 3 is 0.400 bits per heavy atom. The molecule has 0 radical (unpaired) electrons. The first-order chi connectivity index (χ1) is 29.7. The van der Waals surface area contributed by atoms with E-state index in [0.717, 1.165) is 0 Å². The van der Waals surface area contributed by atoms with Gasteiger partial charge < -0.3 is 0 Å². The summed E-state index contributed by atoms with van der Waals surface area (Å²) in [6.45, 7) is 0. The largest absolute Gasteiger partial charge is 0.0616 e. The molecule has 0 aliphatic heterocycles. The van der Waals surface area contributed by atoms with Crippen LogP contribution >= 0.6 is 0 Å². The summed E-state index contributed by atoms with van der Waals surface area (Å²) in [7, 11) is 0. The summed E-state index contributed by atoms with van der Waals surface area (Å²) in [6.07, 6.45) is 0. The van der Waals surface area contributed by atoms with Crippen LogP contribution in [0.2, 0.25) is 0 Å². The fourth-order valence-electron chi connectivity index (χ4n) is 11.3. The van der Waals surface area contributed by atoms with Crippen LogP contribution in [0, 0.1) is 20.9 Å². The molecule has 4 bridgehead atoms. The van der Waals surface area contributed by atoms with E-state index in [-0.39, 0.29) is 0 Å². The van der Waals surface area contributed by atoms with E-state index in [2.05, 4.69) is 194 Å². The molecule has 0 spiro atoms. The van der Waals surface area contributed by atoms with E-state index in [9.17, 15) is 0 Å². The fourth-order valence-corrected chi connectivity index (χ4v) is 11.3. The SMILES string of the molecule is c1ccc2cc3cc4c5c6cc7cc8ccccc8cc7cc6c(c4cc3cc2c1)=c1c2cc3cc4ccccc4cc3cc2c=5c2cc3cc4ccccc4cc3cc12. The zero-order valence-corrected chi connectivity index (χ0v) is 32.5. The highest BCUT2D eigenvalue weighted by Gasteiger charge is 2.20. The van der Waals surface area contributed by atoms with Crippen molar-refractivity contribution in [3.05, 3.63) is 215 Å². The van der Waals surface area contributed by atoms with E-state index in [0.29, 0.717) is 0 Å². The van der Waals surface area contributed by atoms with E-state index < -0.39 is 0 Å². The summed E-state index contributed by atoms with van der Waals surface area (Å²) >= 11 is 0. The second-order valence-corrected chi connectivity index (χ2v) is 17.3. The molecule has 0 N–H and O–H groups in total. The van der Waals surface area contributed by atoms with Crippen molar-refractivity contribution in [2.24, 2.45) is 0 Å². The van der Waals surface area contributed by atoms with Crippen LogP contribution in [0.5, 0.6) is 0 Å². The lowest BCUT2D eigenvalue weighted by Gasteiger charge is -2.19. The molecule has 0 aromatic heterocycles. The van der Waals surface area contributed by atoms with Gasteiger partial charge in [0.15, 0.2) is 0 Å². The van der Waals surface area contributed by atoms with Crippen LogP contribution in [0.25, 0.3) is 129 Å². The van der Waals surface area contributed by atoms with Crippen LogP contribution in [0.4, 0.5) is 0 Å². The molecule has 0 unspecified atom stereocenters. The van der Waals surface area contributed by atoms with Gasteiger partial charge in [0.05, 0.1) is 0 Å². The maximum atomic E-state index is 2.51. The van der Waals surface area contributed by atoms with Gasteiger partial charge in [-0.25, -0.2) is 0 Å². The van der Waals surface area contributed by atoms with Gasteiger partial charge in [0.1, 0.15) is 0 Å². The van der Waals surface area contributed by atoms with Gasteiger partial charge in [0, 0.05) is 0 Å². The van der Waals surface area contributed by atoms with Gasteiger partial charge >= 0.3 is 0 Å². The molecule has 18 rings (SSSR count). The number of benzene rings is 14. The number of hydrogen-bond acceptors (Lipinski definition) is 0. The lowest BCUT2D eigenvalue weighted by atomic mass is 9.83. The van der Waals surface area contributed by atoms with Crippen LogP contribution in [-0.4, -0.2) is 0 Å². The lowest BCUT2D eigenvalue weighted by Crippen LogP contribution is -1.97. The minimum absolute atomic E-state index is 1.27. The Morgan fingerprint density at radius 2 is 0.267 bits per heavy atom. The summed E-state index contributed by atoms with van der Waals surface area (Å²) in [4.78, 5) is 0. The van der Waals surface area contributed by atoms with E-state index in [1.165, 1.54) is 150 Å². The van der Waals surface area contributed by atoms with Gasteiger partial charge in [-0.3, -0.25) is 0 Å². The molecular weight excluding hydrogens is 721 g/mol. The quantitative estimate of drug-likeness (QED) is 0.135. The predicted octanol–water partition coefficient (Wildman–Crippen LogP) is 16.4. The average Bonchev–Trinajstić information content (AvgIpc) is 3.27. The van der Waals surface area contributed by atoms with Crippen molar-refractivity contribution in [1.82, 2.24) is 0 Å². The molecule has 0 heterocycles. The van der Waals surface area contributed by atoms with Gasteiger partial charge in [-0.1, -0.05) is 97.1 Å². The van der Waals surface area contributed by atoms with Gasteiger partial charge in [-0.2, -0.15) is 0 Å². The van der Waals surface area contributed by atoms with E-state index in [1.807, 2.05) is 0 Å². The van der Waals surface area contributed by atoms with Crippen molar-refractivity contribution >= 4 is 129 Å². The fraction of sp³-hybridized carbons (Fsp3) is 0. The highest BCUT2D eigenvalue weighted by atomic mass is 14.2. The molecule has 0 saturated carbocycles. The predicted molar refractivity (Wildman–Crippen MR) is 258 cm³/mol. The monoisotopic (exact) mass is 752 g/mol. The maximum Gasteiger partial charge on any atom is -0.00134 e. The van der Waals surface area contributed by atoms with Crippen molar-refractivity contribution in [3.8, 4) is 0 Å². The van der Waals surface area contributed by atoms with E-state index >= 15 is 0 Å². The smallest absolute Gasteiger partial charge is 0.00134 e. The standard InChI is InChI=1S/C60H32/c1-2-10-34-18-42-26-50-49(25-41(42)17-33(34)9-1)57-51-27-43-19-35-11-3-4-12-36(35)20-44(43)28-52(51)58(50)60-55-31-47-23-39-15-7-5-13-37(39)21-45(47)29-53(55)59(57)54-30-46-22-38-14-6-8-16-40(38)24-48(46)32-56(54)60/h1-32H. The first-order valence-electron chi connectivity index (χ1n) is 21.0. The number of fused-ring (bicyclic) bond motifs is 8. The molecule has 4 aliphatic rings. The minimum atomic E-state index is 1.27. The second kappa shape index (κ2) is 11.0. The molecule has 14 aromatic carbocycles. The minimum Gasteiger partial charge on any atom is -0.0616 e. The Balaban J connectivity index is 1.30. The second-order valence-electron chi connectivity index (χ2n) is 17.3. The molecule has 272 valence electrons. The van der Waals surface area contributed by atoms with Gasteiger partial charge in [-0.05, 0) is 247 Å². The third-order valence-corrected chi connectivity index (χ3v) is 14.0. The average molecular weight is 753 g/mol. The number of rotatable bonds is 0. The summed E-state index contributed by atoms with van der Waals surface area (Å²) in [5, 5.41) is 36.3. The van der Waals surface area contributed by atoms with Gasteiger partial charge in [0.25, 0.3) is 0 Å². The van der Waals surface area contributed by atoms with Crippen LogP contribution < -0.4 is 0 Å². The van der Waals surface area contributed by atoms with Crippen molar-refractivity contribution in [2.75, 3.05) is 0 Å². The summed E-state index contributed by atoms with van der Waals surface area (Å²) in [5.74, 6) is 0. The van der Waals surface area contributed by atoms with Crippen molar-refractivity contribution in [2.45, 2.75) is 0 Å². The molecular formula is C60H32. The third-order valence-electron chi connectivity index (χ3n) is 14.0. The van der Waals surface area contributed by atoms with Crippen LogP contribution in [0.1, 0.15) is 0 Å². The highest BCUT2D eigenvalue weighted by Crippen LogP contribution is 2.44. The summed E-state index contributed by atoms with van der Waals surface area (Å²) in [6, 6.07) is 74.4. The first kappa shape index (κ1) is 31.2. The summed E-state index contributed by atoms with van der Waals surface area (Å²) < 4.78 is 0. The van der Waals surface area contributed by atoms with Crippen molar-refractivity contribution in [3.63, 3.8) is 0 Å². The van der Waals surface area contributed by atoms with Gasteiger partial charge in [-0.15, -0.1) is 0 Å². The lowest BCUT2D eigenvalue weighted by molar-refractivity contribution is 1.60. The number of hydrogen-bond donors (Lipinski definition) is 0. The van der Waals surface area contributed by atoms with Gasteiger partial charge in [0.2, 0.25) is 0 Å². The Bertz CT molecular complexity index is 3710. The molecule has 14 aromatic rings. The van der Waals surface area contributed by atoms with Crippen LogP contribution in [0.3, 0.4) is 0 Å². The zero-order valence-electron chi connectivity index (χ0n) is 32.5. The Labute approximate surface area is 342 Å². The normalized spacial score (nSPS) is 12.7. The Morgan fingerprint density at radius 1 is 0.133 bits per heavy atom. The first-order valence-corrected chi connectivity index (χ1v) is 21.0. The van der Waals surface area contributed by atoms with Crippen LogP contribution in [0.15, 0.2) is 194 Å². The maximum absolute atomic E-state index is 2.51. The zero-order chi connectivity index (χ0) is 38.8. The van der Waals surface area contributed by atoms with E-state index in [4.69, 9.17) is 0 Å². The molecule has 60 heavy (non-hydrogen) atoms. The highest BCUT2D eigenvalue weighted by molar-refractivity contribution is 6.19.